The third-order valence-electron chi connectivity index (χ3n) is 4.18. The molecule has 0 spiro atoms. The van der Waals surface area contributed by atoms with Crippen LogP contribution in [0.15, 0.2) is 18.2 Å². The Bertz CT molecular complexity index is 671. The molecular weight excluding hydrogens is 340 g/mol. The molecule has 0 radical (unpaired) electrons. The number of methoxy groups -OCH3 is 2. The molecular formula is C17H24N4O5. The van der Waals surface area contributed by atoms with E-state index in [1.807, 2.05) is 0 Å². The number of hydrogen-bond acceptors (Lipinski definition) is 6. The summed E-state index contributed by atoms with van der Waals surface area (Å²) >= 11 is 0. The number of nitrogens with two attached hydrogens (primary N) is 1. The highest BCUT2D eigenvalue weighted by Gasteiger charge is 2.26. The van der Waals surface area contributed by atoms with Crippen molar-refractivity contribution in [1.29, 1.82) is 0 Å². The lowest BCUT2D eigenvalue weighted by atomic mass is 10.1. The first kappa shape index (κ1) is 19.5. The second-order valence-electron chi connectivity index (χ2n) is 5.72. The lowest BCUT2D eigenvalue weighted by Crippen LogP contribution is -2.52. The molecule has 1 saturated heterocycles. The first-order valence-corrected chi connectivity index (χ1v) is 8.26. The molecule has 1 aromatic carbocycles. The van der Waals surface area contributed by atoms with Crippen LogP contribution < -0.4 is 20.5 Å². The van der Waals surface area contributed by atoms with Crippen LogP contribution in [0, 0.1) is 0 Å². The molecule has 142 valence electrons. The van der Waals surface area contributed by atoms with E-state index in [4.69, 9.17) is 15.2 Å². The molecule has 0 saturated carbocycles. The number of amides is 3. The predicted octanol–water partition coefficient (Wildman–Crippen LogP) is -0.937. The average molecular weight is 364 g/mol. The van der Waals surface area contributed by atoms with Crippen molar-refractivity contribution in [3.8, 4) is 11.5 Å². The summed E-state index contributed by atoms with van der Waals surface area (Å²) < 4.78 is 10.4. The van der Waals surface area contributed by atoms with Gasteiger partial charge in [-0.1, -0.05) is 0 Å². The molecule has 1 heterocycles. The van der Waals surface area contributed by atoms with Gasteiger partial charge in [0.2, 0.25) is 11.8 Å². The summed E-state index contributed by atoms with van der Waals surface area (Å²) in [5.41, 5.74) is 5.63. The van der Waals surface area contributed by atoms with E-state index in [1.54, 1.807) is 35.1 Å². The van der Waals surface area contributed by atoms with Gasteiger partial charge in [-0.25, -0.2) is 0 Å². The van der Waals surface area contributed by atoms with Crippen molar-refractivity contribution in [1.82, 2.24) is 15.1 Å². The number of piperazine rings is 1. The van der Waals surface area contributed by atoms with Crippen LogP contribution in [0.25, 0.3) is 0 Å². The normalized spacial score (nSPS) is 14.0. The molecule has 1 aliphatic rings. The largest absolute Gasteiger partial charge is 0.497 e. The SMILES string of the molecule is COc1ccc(C(=O)N2CCN(C(=O)CNC(=O)CN)CC2)c(OC)c1. The highest BCUT2D eigenvalue weighted by atomic mass is 16.5. The van der Waals surface area contributed by atoms with Gasteiger partial charge < -0.3 is 30.3 Å². The van der Waals surface area contributed by atoms with Crippen LogP contribution in [0.5, 0.6) is 11.5 Å². The quantitative estimate of drug-likeness (QED) is 0.674. The molecule has 1 aliphatic heterocycles. The van der Waals surface area contributed by atoms with Crippen LogP contribution in [0.3, 0.4) is 0 Å². The molecule has 0 atom stereocenters. The number of nitrogens with zero attached hydrogens (tertiary/aromatic N) is 2. The highest BCUT2D eigenvalue weighted by molar-refractivity contribution is 5.97. The molecule has 0 bridgehead atoms. The topological polar surface area (TPSA) is 114 Å². The van der Waals surface area contributed by atoms with Crippen LogP contribution in [0.2, 0.25) is 0 Å². The number of ether oxygens (including phenoxy) is 2. The molecule has 1 fully saturated rings. The van der Waals surface area contributed by atoms with Crippen molar-refractivity contribution in [2.75, 3.05) is 53.5 Å². The minimum Gasteiger partial charge on any atom is -0.497 e. The number of carbonyl (C=O) groups excluding carboxylic acids is 3. The number of nitrogens with one attached hydrogen (secondary N) is 1. The maximum absolute atomic E-state index is 12.7. The Balaban J connectivity index is 1.94. The molecule has 2 rings (SSSR count). The summed E-state index contributed by atoms with van der Waals surface area (Å²) in [6.45, 7) is 1.38. The maximum atomic E-state index is 12.7. The van der Waals surface area contributed by atoms with E-state index < -0.39 is 0 Å². The van der Waals surface area contributed by atoms with Gasteiger partial charge in [-0.15, -0.1) is 0 Å². The van der Waals surface area contributed by atoms with E-state index >= 15 is 0 Å². The summed E-state index contributed by atoms with van der Waals surface area (Å²) in [7, 11) is 3.04. The van der Waals surface area contributed by atoms with E-state index in [1.165, 1.54) is 7.11 Å². The highest BCUT2D eigenvalue weighted by Crippen LogP contribution is 2.26. The summed E-state index contributed by atoms with van der Waals surface area (Å²) in [5, 5.41) is 2.45. The third-order valence-corrected chi connectivity index (χ3v) is 4.18. The van der Waals surface area contributed by atoms with Crippen molar-refractivity contribution in [2.24, 2.45) is 5.73 Å². The lowest BCUT2D eigenvalue weighted by Gasteiger charge is -2.35. The summed E-state index contributed by atoms with van der Waals surface area (Å²) in [6, 6.07) is 5.03. The minimum atomic E-state index is -0.376. The van der Waals surface area contributed by atoms with Crippen LogP contribution in [0.4, 0.5) is 0 Å². The zero-order valence-electron chi connectivity index (χ0n) is 15.0. The molecule has 9 nitrogen and oxygen atoms in total. The van der Waals surface area contributed by atoms with Gasteiger partial charge >= 0.3 is 0 Å². The van der Waals surface area contributed by atoms with Gasteiger partial charge in [-0.3, -0.25) is 14.4 Å². The van der Waals surface area contributed by atoms with E-state index in [-0.39, 0.29) is 30.8 Å². The Labute approximate surface area is 152 Å². The van der Waals surface area contributed by atoms with E-state index in [9.17, 15) is 14.4 Å². The zero-order chi connectivity index (χ0) is 19.1. The fraction of sp³-hybridized carbons (Fsp3) is 0.471. The van der Waals surface area contributed by atoms with Gasteiger partial charge in [0.15, 0.2) is 0 Å². The number of rotatable bonds is 6. The van der Waals surface area contributed by atoms with Gasteiger partial charge in [0.25, 0.3) is 5.91 Å². The van der Waals surface area contributed by atoms with E-state index in [0.29, 0.717) is 43.2 Å². The van der Waals surface area contributed by atoms with Crippen LogP contribution in [-0.2, 0) is 9.59 Å². The summed E-state index contributed by atoms with van der Waals surface area (Å²) in [5.74, 6) is 0.318. The smallest absolute Gasteiger partial charge is 0.257 e. The number of carbonyl (C=O) groups is 3. The van der Waals surface area contributed by atoms with Gasteiger partial charge in [0.1, 0.15) is 11.5 Å². The van der Waals surface area contributed by atoms with Gasteiger partial charge in [-0.05, 0) is 12.1 Å². The fourth-order valence-corrected chi connectivity index (χ4v) is 2.66. The van der Waals surface area contributed by atoms with Gasteiger partial charge in [0, 0.05) is 32.2 Å². The Morgan fingerprint density at radius 1 is 1.08 bits per heavy atom. The zero-order valence-corrected chi connectivity index (χ0v) is 15.0. The van der Waals surface area contributed by atoms with Gasteiger partial charge in [-0.2, -0.15) is 0 Å². The van der Waals surface area contributed by atoms with Gasteiger partial charge in [0.05, 0.1) is 32.9 Å². The van der Waals surface area contributed by atoms with Crippen molar-refractivity contribution < 1.29 is 23.9 Å². The Kier molecular flexibility index (Phi) is 6.79. The molecule has 1 aromatic rings. The first-order chi connectivity index (χ1) is 12.5. The standard InChI is InChI=1S/C17H24N4O5/c1-25-12-3-4-13(14(9-12)26-2)17(24)21-7-5-20(6-8-21)16(23)11-19-15(22)10-18/h3-4,9H,5-8,10-11,18H2,1-2H3,(H,19,22). The van der Waals surface area contributed by atoms with Crippen molar-refractivity contribution in [2.45, 2.75) is 0 Å². The molecule has 26 heavy (non-hydrogen) atoms. The average Bonchev–Trinajstić information content (AvgIpc) is 2.70. The van der Waals surface area contributed by atoms with Crippen LogP contribution in [-0.4, -0.2) is 81.0 Å². The van der Waals surface area contributed by atoms with Crippen molar-refractivity contribution >= 4 is 17.7 Å². The molecule has 3 amide bonds. The summed E-state index contributed by atoms with van der Waals surface area (Å²) in [4.78, 5) is 39.2. The molecule has 0 aromatic heterocycles. The predicted molar refractivity (Wildman–Crippen MR) is 94.1 cm³/mol. The minimum absolute atomic E-state index is 0.0870. The monoisotopic (exact) mass is 364 g/mol. The fourth-order valence-electron chi connectivity index (χ4n) is 2.66. The van der Waals surface area contributed by atoms with E-state index in [0.717, 1.165) is 0 Å². The Hall–Kier alpha value is -2.81. The Morgan fingerprint density at radius 2 is 1.73 bits per heavy atom. The second kappa shape index (κ2) is 9.04. The number of benzene rings is 1. The first-order valence-electron chi connectivity index (χ1n) is 8.26. The van der Waals surface area contributed by atoms with Crippen LogP contribution >= 0.6 is 0 Å². The Morgan fingerprint density at radius 3 is 2.31 bits per heavy atom. The molecule has 3 N–H and O–H groups in total. The maximum Gasteiger partial charge on any atom is 0.257 e. The number of hydrogen-bond donors (Lipinski definition) is 2. The van der Waals surface area contributed by atoms with Crippen LogP contribution in [0.1, 0.15) is 10.4 Å². The molecule has 0 unspecified atom stereocenters. The van der Waals surface area contributed by atoms with Crippen molar-refractivity contribution in [3.63, 3.8) is 0 Å². The summed E-state index contributed by atoms with van der Waals surface area (Å²) in [6.07, 6.45) is 0. The molecule has 9 heteroatoms. The second-order valence-corrected chi connectivity index (χ2v) is 5.72. The van der Waals surface area contributed by atoms with Crippen molar-refractivity contribution in [3.05, 3.63) is 23.8 Å². The third kappa shape index (κ3) is 4.63. The van der Waals surface area contributed by atoms with E-state index in [2.05, 4.69) is 5.32 Å². The molecule has 0 aliphatic carbocycles. The lowest BCUT2D eigenvalue weighted by molar-refractivity contribution is -0.133.